The molecule has 5 nitrogen and oxygen atoms in total. The van der Waals surface area contributed by atoms with Crippen molar-refractivity contribution in [2.75, 3.05) is 11.1 Å². The first-order valence-corrected chi connectivity index (χ1v) is 9.75. The highest BCUT2D eigenvalue weighted by molar-refractivity contribution is 7.99. The molecule has 0 fully saturated rings. The van der Waals surface area contributed by atoms with Gasteiger partial charge in [0.2, 0.25) is 5.91 Å². The van der Waals surface area contributed by atoms with Crippen molar-refractivity contribution in [2.24, 2.45) is 0 Å². The van der Waals surface area contributed by atoms with Gasteiger partial charge in [-0.1, -0.05) is 34.4 Å². The molecule has 0 atom stereocenters. The summed E-state index contributed by atoms with van der Waals surface area (Å²) in [5.41, 5.74) is 2.44. The Hall–Kier alpha value is -2.46. The molecule has 3 aromatic rings. The summed E-state index contributed by atoms with van der Waals surface area (Å²) in [5.74, 6) is 1.22. The maximum absolute atomic E-state index is 12.0. The zero-order chi connectivity index (χ0) is 19.2. The fraction of sp³-hybridized carbons (Fsp3) is 0.105. The summed E-state index contributed by atoms with van der Waals surface area (Å²) in [6.07, 6.45) is 0. The molecule has 0 saturated carbocycles. The number of nitrogens with zero attached hydrogens (tertiary/aromatic N) is 2. The average molecular weight is 418 g/mol. The Morgan fingerprint density at radius 3 is 2.85 bits per heavy atom. The van der Waals surface area contributed by atoms with E-state index in [1.54, 1.807) is 48.5 Å². The molecule has 0 aliphatic carbocycles. The van der Waals surface area contributed by atoms with E-state index in [1.807, 2.05) is 6.07 Å². The first-order chi connectivity index (χ1) is 13.0. The lowest BCUT2D eigenvalue weighted by atomic mass is 10.1. The van der Waals surface area contributed by atoms with Gasteiger partial charge in [-0.15, -0.1) is 11.8 Å². The van der Waals surface area contributed by atoms with Gasteiger partial charge >= 0.3 is 0 Å². The molecule has 27 heavy (non-hydrogen) atoms. The summed E-state index contributed by atoms with van der Waals surface area (Å²) < 4.78 is 5.30. The van der Waals surface area contributed by atoms with Crippen LogP contribution >= 0.6 is 35.0 Å². The highest BCUT2D eigenvalue weighted by Crippen LogP contribution is 2.30. The van der Waals surface area contributed by atoms with Crippen LogP contribution in [0.25, 0.3) is 11.3 Å². The monoisotopic (exact) mass is 417 g/mol. The number of aromatic nitrogens is 1. The van der Waals surface area contributed by atoms with Gasteiger partial charge in [0.05, 0.1) is 28.2 Å². The molecular formula is C19H13Cl2N3O2S. The molecule has 136 valence electrons. The third-order valence-corrected chi connectivity index (χ3v) is 5.02. The minimum atomic E-state index is -0.157. The maximum Gasteiger partial charge on any atom is 0.234 e. The lowest BCUT2D eigenvalue weighted by molar-refractivity contribution is -0.113. The number of nitriles is 1. The number of carbonyl (C=O) groups excluding carboxylic acids is 1. The topological polar surface area (TPSA) is 78.9 Å². The molecule has 1 aromatic heterocycles. The Morgan fingerprint density at radius 2 is 2.07 bits per heavy atom. The van der Waals surface area contributed by atoms with Gasteiger partial charge in [-0.05, 0) is 36.4 Å². The average Bonchev–Trinajstić information content (AvgIpc) is 3.10. The molecule has 1 amide bonds. The number of hydrogen-bond donors (Lipinski definition) is 1. The van der Waals surface area contributed by atoms with E-state index in [-0.39, 0.29) is 11.7 Å². The molecule has 0 spiro atoms. The first-order valence-electron chi connectivity index (χ1n) is 7.84. The van der Waals surface area contributed by atoms with E-state index in [0.29, 0.717) is 38.5 Å². The summed E-state index contributed by atoms with van der Waals surface area (Å²) in [4.78, 5) is 12.0. The van der Waals surface area contributed by atoms with Crippen LogP contribution in [0.5, 0.6) is 0 Å². The van der Waals surface area contributed by atoms with E-state index >= 15 is 0 Å². The van der Waals surface area contributed by atoms with Crippen LogP contribution in [0.2, 0.25) is 10.0 Å². The van der Waals surface area contributed by atoms with Gasteiger partial charge in [-0.2, -0.15) is 5.26 Å². The fourth-order valence-electron chi connectivity index (χ4n) is 2.31. The maximum atomic E-state index is 12.0. The van der Waals surface area contributed by atoms with Gasteiger partial charge in [0.1, 0.15) is 11.5 Å². The normalized spacial score (nSPS) is 10.4. The fourth-order valence-corrected chi connectivity index (χ4v) is 3.52. The largest absolute Gasteiger partial charge is 0.360 e. The van der Waals surface area contributed by atoms with Crippen molar-refractivity contribution in [3.8, 4) is 17.3 Å². The standard InChI is InChI=1S/C19H13Cl2N3O2S/c20-13-4-5-16(17(21)7-13)18-8-15(26-24-18)10-27-11-19(25)23-14-3-1-2-12(6-14)9-22/h1-8H,10-11H2,(H,23,25). The van der Waals surface area contributed by atoms with Gasteiger partial charge in [-0.25, -0.2) is 0 Å². The molecule has 0 unspecified atom stereocenters. The third-order valence-electron chi connectivity index (χ3n) is 3.52. The molecule has 2 aromatic carbocycles. The molecule has 0 aliphatic rings. The minimum absolute atomic E-state index is 0.157. The number of amides is 1. The van der Waals surface area contributed by atoms with Crippen molar-refractivity contribution < 1.29 is 9.32 Å². The van der Waals surface area contributed by atoms with Crippen molar-refractivity contribution >= 4 is 46.6 Å². The van der Waals surface area contributed by atoms with Gasteiger partial charge in [0, 0.05) is 22.3 Å². The molecule has 1 N–H and O–H groups in total. The van der Waals surface area contributed by atoms with Gasteiger partial charge in [-0.3, -0.25) is 4.79 Å². The van der Waals surface area contributed by atoms with Crippen LogP contribution in [0.3, 0.4) is 0 Å². The Morgan fingerprint density at radius 1 is 1.22 bits per heavy atom. The van der Waals surface area contributed by atoms with Gasteiger partial charge in [0.25, 0.3) is 0 Å². The van der Waals surface area contributed by atoms with E-state index in [2.05, 4.69) is 10.5 Å². The minimum Gasteiger partial charge on any atom is -0.360 e. The number of nitrogens with one attached hydrogen (secondary N) is 1. The smallest absolute Gasteiger partial charge is 0.234 e. The quantitative estimate of drug-likeness (QED) is 0.581. The van der Waals surface area contributed by atoms with Crippen molar-refractivity contribution in [3.63, 3.8) is 0 Å². The van der Waals surface area contributed by atoms with E-state index in [1.165, 1.54) is 11.8 Å². The zero-order valence-corrected chi connectivity index (χ0v) is 16.2. The van der Waals surface area contributed by atoms with Crippen LogP contribution in [-0.2, 0) is 10.5 Å². The summed E-state index contributed by atoms with van der Waals surface area (Å²) >= 11 is 13.5. The van der Waals surface area contributed by atoms with Crippen molar-refractivity contribution in [1.82, 2.24) is 5.16 Å². The molecule has 8 heteroatoms. The summed E-state index contributed by atoms with van der Waals surface area (Å²) in [6.45, 7) is 0. The number of benzene rings is 2. The Balaban J connectivity index is 1.53. The number of anilines is 1. The second-order valence-electron chi connectivity index (χ2n) is 5.54. The van der Waals surface area contributed by atoms with Crippen molar-refractivity contribution in [2.45, 2.75) is 5.75 Å². The molecule has 0 aliphatic heterocycles. The third kappa shape index (κ3) is 5.27. The Kier molecular flexibility index (Phi) is 6.40. The summed E-state index contributed by atoms with van der Waals surface area (Å²) in [5, 5.41) is 16.7. The summed E-state index contributed by atoms with van der Waals surface area (Å²) in [6, 6.07) is 15.7. The second-order valence-corrected chi connectivity index (χ2v) is 7.37. The number of carbonyl (C=O) groups is 1. The molecule has 0 radical (unpaired) electrons. The molecule has 3 rings (SSSR count). The molecule has 0 saturated heterocycles. The SMILES string of the molecule is N#Cc1cccc(NC(=O)CSCc2cc(-c3ccc(Cl)cc3Cl)no2)c1. The molecule has 0 bridgehead atoms. The number of hydrogen-bond acceptors (Lipinski definition) is 5. The van der Waals surface area contributed by atoms with Crippen LogP contribution in [-0.4, -0.2) is 16.8 Å². The highest BCUT2D eigenvalue weighted by atomic mass is 35.5. The van der Waals surface area contributed by atoms with Crippen LogP contribution in [0.15, 0.2) is 53.1 Å². The lowest BCUT2D eigenvalue weighted by Gasteiger charge is -2.04. The summed E-state index contributed by atoms with van der Waals surface area (Å²) in [7, 11) is 0. The van der Waals surface area contributed by atoms with Crippen molar-refractivity contribution in [3.05, 3.63) is 69.9 Å². The van der Waals surface area contributed by atoms with E-state index in [0.717, 1.165) is 5.56 Å². The predicted molar refractivity (Wildman–Crippen MR) is 108 cm³/mol. The number of halogens is 2. The van der Waals surface area contributed by atoms with Crippen LogP contribution in [0.1, 0.15) is 11.3 Å². The van der Waals surface area contributed by atoms with Gasteiger partial charge in [0.15, 0.2) is 0 Å². The first kappa shape index (κ1) is 19.3. The molecular weight excluding hydrogens is 405 g/mol. The molecule has 1 heterocycles. The Bertz CT molecular complexity index is 1010. The number of rotatable bonds is 6. The van der Waals surface area contributed by atoms with Gasteiger partial charge < -0.3 is 9.84 Å². The zero-order valence-electron chi connectivity index (χ0n) is 13.9. The predicted octanol–water partition coefficient (Wildman–Crippen LogP) is 5.39. The van der Waals surface area contributed by atoms with Crippen LogP contribution in [0, 0.1) is 11.3 Å². The Labute approximate surface area is 170 Å². The second kappa shape index (κ2) is 8.96. The lowest BCUT2D eigenvalue weighted by Crippen LogP contribution is -2.14. The van der Waals surface area contributed by atoms with Crippen LogP contribution in [0.4, 0.5) is 5.69 Å². The van der Waals surface area contributed by atoms with E-state index < -0.39 is 0 Å². The number of thioether (sulfide) groups is 1. The van der Waals surface area contributed by atoms with E-state index in [9.17, 15) is 4.79 Å². The highest BCUT2D eigenvalue weighted by Gasteiger charge is 2.11. The van der Waals surface area contributed by atoms with E-state index in [4.69, 9.17) is 33.0 Å². The van der Waals surface area contributed by atoms with Crippen LogP contribution < -0.4 is 5.32 Å². The van der Waals surface area contributed by atoms with Crippen molar-refractivity contribution in [1.29, 1.82) is 5.26 Å².